The smallest absolute Gasteiger partial charge is 0.227 e. The summed E-state index contributed by atoms with van der Waals surface area (Å²) >= 11 is 0. The summed E-state index contributed by atoms with van der Waals surface area (Å²) in [5.41, 5.74) is 0.0982. The molecule has 4 nitrogen and oxygen atoms in total. The van der Waals surface area contributed by atoms with Crippen LogP contribution in [0.4, 0.5) is 0 Å². The van der Waals surface area contributed by atoms with Crippen molar-refractivity contribution in [2.24, 2.45) is 0 Å². The van der Waals surface area contributed by atoms with Gasteiger partial charge < -0.3 is 10.0 Å². The van der Waals surface area contributed by atoms with Gasteiger partial charge in [0.15, 0.2) is 0 Å². The monoisotopic (exact) mass is 212 g/mol. The number of rotatable bonds is 1. The first-order valence-electron chi connectivity index (χ1n) is 5.78. The maximum Gasteiger partial charge on any atom is 0.227 e. The zero-order chi connectivity index (χ0) is 10.9. The average Bonchev–Trinajstić information content (AvgIpc) is 2.25. The highest BCUT2D eigenvalue weighted by Crippen LogP contribution is 2.38. The predicted molar refractivity (Wildman–Crippen MR) is 57.0 cm³/mol. The summed E-state index contributed by atoms with van der Waals surface area (Å²) in [5.74, 6) is 0.109. The van der Waals surface area contributed by atoms with Crippen molar-refractivity contribution in [3.8, 4) is 0 Å². The number of aliphatic hydroxyl groups is 1. The number of hydrogen-bond donors (Lipinski definition) is 1. The quantitative estimate of drug-likeness (QED) is 0.698. The highest BCUT2D eigenvalue weighted by molar-refractivity contribution is 5.78. The number of carbonyl (C=O) groups is 1. The molecule has 4 heteroatoms. The molecule has 1 heterocycles. The fourth-order valence-electron chi connectivity index (χ4n) is 2.91. The van der Waals surface area contributed by atoms with E-state index in [4.69, 9.17) is 5.11 Å². The van der Waals surface area contributed by atoms with Gasteiger partial charge in [-0.15, -0.1) is 0 Å². The summed E-state index contributed by atoms with van der Waals surface area (Å²) in [7, 11) is 2.07. The van der Waals surface area contributed by atoms with Gasteiger partial charge in [-0.3, -0.25) is 9.69 Å². The Morgan fingerprint density at radius 3 is 2.60 bits per heavy atom. The van der Waals surface area contributed by atoms with E-state index in [1.54, 1.807) is 0 Å². The lowest BCUT2D eigenvalue weighted by Crippen LogP contribution is -2.60. The van der Waals surface area contributed by atoms with Crippen LogP contribution in [0.25, 0.3) is 0 Å². The lowest BCUT2D eigenvalue weighted by Gasteiger charge is -2.50. The molecule has 0 aromatic carbocycles. The van der Waals surface area contributed by atoms with Crippen LogP contribution in [-0.4, -0.2) is 46.8 Å². The topological polar surface area (TPSA) is 43.8 Å². The molecule has 1 aliphatic heterocycles. The number of amides is 1. The second-order valence-corrected chi connectivity index (χ2v) is 4.88. The molecule has 1 saturated heterocycles. The molecule has 1 spiro atoms. The van der Waals surface area contributed by atoms with E-state index in [-0.39, 0.29) is 18.2 Å². The Morgan fingerprint density at radius 1 is 1.33 bits per heavy atom. The van der Waals surface area contributed by atoms with E-state index in [0.717, 1.165) is 12.8 Å². The van der Waals surface area contributed by atoms with Gasteiger partial charge >= 0.3 is 0 Å². The number of aliphatic hydroxyl groups excluding tert-OH is 1. The fraction of sp³-hybridized carbons (Fsp3) is 0.909. The van der Waals surface area contributed by atoms with Gasteiger partial charge in [0, 0.05) is 12.0 Å². The van der Waals surface area contributed by atoms with Gasteiger partial charge in [-0.2, -0.15) is 0 Å². The molecule has 2 fully saturated rings. The second-order valence-electron chi connectivity index (χ2n) is 4.88. The van der Waals surface area contributed by atoms with Crippen molar-refractivity contribution in [2.75, 3.05) is 20.4 Å². The summed E-state index contributed by atoms with van der Waals surface area (Å²) < 4.78 is 0. The Bertz CT molecular complexity index is 249. The molecule has 0 aromatic rings. The Hall–Kier alpha value is -0.610. The Balaban J connectivity index is 2.10. The van der Waals surface area contributed by atoms with Gasteiger partial charge in [-0.1, -0.05) is 19.3 Å². The third-order valence-electron chi connectivity index (χ3n) is 3.98. The normalized spacial score (nSPS) is 27.3. The molecule has 1 aliphatic carbocycles. The van der Waals surface area contributed by atoms with Gasteiger partial charge in [0.05, 0.1) is 6.67 Å². The molecule has 0 radical (unpaired) electrons. The van der Waals surface area contributed by atoms with Crippen molar-refractivity contribution >= 4 is 5.91 Å². The molecule has 86 valence electrons. The minimum Gasteiger partial charge on any atom is -0.376 e. The van der Waals surface area contributed by atoms with Crippen molar-refractivity contribution in [3.05, 3.63) is 0 Å². The molecule has 1 saturated carbocycles. The minimum absolute atomic E-state index is 0.0982. The van der Waals surface area contributed by atoms with E-state index < -0.39 is 0 Å². The van der Waals surface area contributed by atoms with Gasteiger partial charge in [-0.05, 0) is 19.9 Å². The van der Waals surface area contributed by atoms with Crippen LogP contribution in [0.15, 0.2) is 0 Å². The number of carbonyl (C=O) groups excluding carboxylic acids is 1. The molecule has 1 amide bonds. The Morgan fingerprint density at radius 2 is 2.00 bits per heavy atom. The van der Waals surface area contributed by atoms with Crippen LogP contribution in [0, 0.1) is 0 Å². The molecule has 15 heavy (non-hydrogen) atoms. The van der Waals surface area contributed by atoms with Crippen LogP contribution in [-0.2, 0) is 4.79 Å². The van der Waals surface area contributed by atoms with E-state index in [2.05, 4.69) is 11.9 Å². The van der Waals surface area contributed by atoms with E-state index in [1.165, 1.54) is 24.2 Å². The predicted octanol–water partition coefficient (Wildman–Crippen LogP) is 0.761. The molecule has 0 bridgehead atoms. The van der Waals surface area contributed by atoms with Gasteiger partial charge in [-0.25, -0.2) is 0 Å². The first kappa shape index (κ1) is 10.9. The van der Waals surface area contributed by atoms with E-state index in [0.29, 0.717) is 13.1 Å². The SMILES string of the molecule is CN1CN(CO)C(=O)CC12CCCCC2. The molecular weight excluding hydrogens is 192 g/mol. The highest BCUT2D eigenvalue weighted by Gasteiger charge is 2.43. The fourth-order valence-corrected chi connectivity index (χ4v) is 2.91. The summed E-state index contributed by atoms with van der Waals surface area (Å²) in [6.07, 6.45) is 6.62. The molecule has 1 N–H and O–H groups in total. The first-order valence-corrected chi connectivity index (χ1v) is 5.78. The first-order chi connectivity index (χ1) is 7.18. The Labute approximate surface area is 90.9 Å². The number of nitrogens with zero attached hydrogens (tertiary/aromatic N) is 2. The zero-order valence-corrected chi connectivity index (χ0v) is 9.41. The summed E-state index contributed by atoms with van der Waals surface area (Å²) in [6, 6.07) is 0. The summed E-state index contributed by atoms with van der Waals surface area (Å²) in [4.78, 5) is 15.6. The zero-order valence-electron chi connectivity index (χ0n) is 9.41. The molecule has 2 aliphatic rings. The number of hydrogen-bond acceptors (Lipinski definition) is 3. The summed E-state index contributed by atoms with van der Waals surface area (Å²) in [6.45, 7) is 0.425. The van der Waals surface area contributed by atoms with Crippen LogP contribution in [0.5, 0.6) is 0 Å². The molecular formula is C11H20N2O2. The van der Waals surface area contributed by atoms with Gasteiger partial charge in [0.1, 0.15) is 6.73 Å². The van der Waals surface area contributed by atoms with Crippen LogP contribution < -0.4 is 0 Å². The van der Waals surface area contributed by atoms with Crippen molar-refractivity contribution in [1.29, 1.82) is 0 Å². The van der Waals surface area contributed by atoms with Crippen LogP contribution in [0.2, 0.25) is 0 Å². The lowest BCUT2D eigenvalue weighted by atomic mass is 9.77. The minimum atomic E-state index is -0.154. The third-order valence-corrected chi connectivity index (χ3v) is 3.98. The average molecular weight is 212 g/mol. The maximum absolute atomic E-state index is 11.8. The molecule has 0 unspecified atom stereocenters. The van der Waals surface area contributed by atoms with E-state index in [1.807, 2.05) is 0 Å². The third kappa shape index (κ3) is 1.88. The van der Waals surface area contributed by atoms with Gasteiger partial charge in [0.2, 0.25) is 5.91 Å². The van der Waals surface area contributed by atoms with Crippen molar-refractivity contribution < 1.29 is 9.90 Å². The van der Waals surface area contributed by atoms with Crippen molar-refractivity contribution in [2.45, 2.75) is 44.1 Å². The van der Waals surface area contributed by atoms with Crippen LogP contribution >= 0.6 is 0 Å². The maximum atomic E-state index is 11.8. The summed E-state index contributed by atoms with van der Waals surface area (Å²) in [5, 5.41) is 9.04. The van der Waals surface area contributed by atoms with Crippen LogP contribution in [0.1, 0.15) is 38.5 Å². The molecule has 2 rings (SSSR count). The second kappa shape index (κ2) is 4.10. The largest absolute Gasteiger partial charge is 0.376 e. The van der Waals surface area contributed by atoms with Crippen LogP contribution in [0.3, 0.4) is 0 Å². The molecule has 0 atom stereocenters. The van der Waals surface area contributed by atoms with E-state index in [9.17, 15) is 4.79 Å². The van der Waals surface area contributed by atoms with Gasteiger partial charge in [0.25, 0.3) is 0 Å². The molecule has 0 aromatic heterocycles. The Kier molecular flexibility index (Phi) is 2.98. The van der Waals surface area contributed by atoms with E-state index >= 15 is 0 Å². The van der Waals surface area contributed by atoms with Crippen molar-refractivity contribution in [1.82, 2.24) is 9.80 Å². The lowest BCUT2D eigenvalue weighted by molar-refractivity contribution is -0.152. The van der Waals surface area contributed by atoms with Crippen molar-refractivity contribution in [3.63, 3.8) is 0 Å². The highest BCUT2D eigenvalue weighted by atomic mass is 16.3. The standard InChI is InChI=1S/C11H20N2O2/c1-12-8-13(9-14)10(15)7-11(12)5-3-2-4-6-11/h14H,2-9H2,1H3.